The molecule has 14 heavy (non-hydrogen) atoms. The summed E-state index contributed by atoms with van der Waals surface area (Å²) in [6.45, 7) is 1.79. The van der Waals surface area contributed by atoms with Crippen LogP contribution in [0.3, 0.4) is 0 Å². The van der Waals surface area contributed by atoms with Crippen LogP contribution in [-0.2, 0) is 0 Å². The average Bonchev–Trinajstić information content (AvgIpc) is 2.18. The molecule has 0 saturated carbocycles. The molecule has 0 aromatic heterocycles. The molecule has 0 aliphatic rings. The van der Waals surface area contributed by atoms with E-state index in [1.54, 1.807) is 19.1 Å². The minimum atomic E-state index is -0.781. The standard InChI is InChI=1S/C10H12BrFO2/c1-3-8(13)6-4-5-7(11)10(14-2)9(6)12/h4-5,8,13H,3H2,1-2H3. The van der Waals surface area contributed by atoms with Crippen LogP contribution >= 0.6 is 15.9 Å². The van der Waals surface area contributed by atoms with Crippen LogP contribution in [0.25, 0.3) is 0 Å². The van der Waals surface area contributed by atoms with E-state index in [0.29, 0.717) is 10.9 Å². The molecule has 0 spiro atoms. The van der Waals surface area contributed by atoms with Gasteiger partial charge in [0.05, 0.1) is 17.7 Å². The highest BCUT2D eigenvalue weighted by Crippen LogP contribution is 2.33. The third-order valence-corrected chi connectivity index (χ3v) is 2.65. The molecule has 0 bridgehead atoms. The van der Waals surface area contributed by atoms with E-state index in [0.717, 1.165) is 0 Å². The van der Waals surface area contributed by atoms with Gasteiger partial charge in [-0.2, -0.15) is 0 Å². The molecule has 0 saturated heterocycles. The number of halogens is 2. The lowest BCUT2D eigenvalue weighted by molar-refractivity contribution is 0.167. The van der Waals surface area contributed by atoms with Crippen molar-refractivity contribution in [2.24, 2.45) is 0 Å². The molecule has 1 aromatic carbocycles. The van der Waals surface area contributed by atoms with Gasteiger partial charge in [0.15, 0.2) is 11.6 Å². The van der Waals surface area contributed by atoms with Gasteiger partial charge in [-0.05, 0) is 28.4 Å². The summed E-state index contributed by atoms with van der Waals surface area (Å²) in [7, 11) is 1.39. The van der Waals surface area contributed by atoms with Crippen LogP contribution in [-0.4, -0.2) is 12.2 Å². The summed E-state index contributed by atoms with van der Waals surface area (Å²) in [4.78, 5) is 0. The van der Waals surface area contributed by atoms with Crippen molar-refractivity contribution in [3.63, 3.8) is 0 Å². The van der Waals surface area contributed by atoms with Crippen molar-refractivity contribution in [3.8, 4) is 5.75 Å². The largest absolute Gasteiger partial charge is 0.492 e. The maximum absolute atomic E-state index is 13.7. The maximum Gasteiger partial charge on any atom is 0.172 e. The zero-order chi connectivity index (χ0) is 10.7. The van der Waals surface area contributed by atoms with Crippen molar-refractivity contribution in [1.29, 1.82) is 0 Å². The Labute approximate surface area is 90.8 Å². The number of aliphatic hydroxyl groups excluding tert-OH is 1. The van der Waals surface area contributed by atoms with Crippen LogP contribution in [0.4, 0.5) is 4.39 Å². The molecular weight excluding hydrogens is 251 g/mol. The van der Waals surface area contributed by atoms with E-state index in [1.165, 1.54) is 7.11 Å². The summed E-state index contributed by atoms with van der Waals surface area (Å²) >= 11 is 3.17. The highest BCUT2D eigenvalue weighted by molar-refractivity contribution is 9.10. The van der Waals surface area contributed by atoms with Crippen molar-refractivity contribution in [1.82, 2.24) is 0 Å². The van der Waals surface area contributed by atoms with Crippen LogP contribution in [0.5, 0.6) is 5.75 Å². The maximum atomic E-state index is 13.7. The van der Waals surface area contributed by atoms with Crippen molar-refractivity contribution < 1.29 is 14.2 Å². The number of rotatable bonds is 3. The minimum absolute atomic E-state index is 0.134. The molecular formula is C10H12BrFO2. The second-order valence-corrected chi connectivity index (χ2v) is 3.76. The normalized spacial score (nSPS) is 12.6. The van der Waals surface area contributed by atoms with E-state index in [4.69, 9.17) is 4.74 Å². The number of hydrogen-bond donors (Lipinski definition) is 1. The Bertz CT molecular complexity index is 328. The Kier molecular flexibility index (Phi) is 3.89. The predicted molar refractivity (Wildman–Crippen MR) is 55.9 cm³/mol. The topological polar surface area (TPSA) is 29.5 Å². The quantitative estimate of drug-likeness (QED) is 0.908. The summed E-state index contributed by atoms with van der Waals surface area (Å²) < 4.78 is 19.1. The van der Waals surface area contributed by atoms with E-state index < -0.39 is 11.9 Å². The first kappa shape index (κ1) is 11.5. The van der Waals surface area contributed by atoms with E-state index in [-0.39, 0.29) is 11.3 Å². The number of methoxy groups -OCH3 is 1. The first-order valence-electron chi connectivity index (χ1n) is 4.31. The Hall–Kier alpha value is -0.610. The monoisotopic (exact) mass is 262 g/mol. The Morgan fingerprint density at radius 2 is 2.21 bits per heavy atom. The second kappa shape index (κ2) is 4.75. The van der Waals surface area contributed by atoms with E-state index in [1.807, 2.05) is 0 Å². The molecule has 0 fully saturated rings. The molecule has 1 atom stereocenters. The van der Waals surface area contributed by atoms with Crippen molar-refractivity contribution in [2.45, 2.75) is 19.4 Å². The van der Waals surface area contributed by atoms with E-state index >= 15 is 0 Å². The predicted octanol–water partition coefficient (Wildman–Crippen LogP) is 3.04. The highest BCUT2D eigenvalue weighted by Gasteiger charge is 2.17. The second-order valence-electron chi connectivity index (χ2n) is 2.91. The average molecular weight is 263 g/mol. The lowest BCUT2D eigenvalue weighted by Crippen LogP contribution is -2.01. The Balaban J connectivity index is 3.21. The van der Waals surface area contributed by atoms with Gasteiger partial charge in [-0.3, -0.25) is 0 Å². The molecule has 0 heterocycles. The fourth-order valence-electron chi connectivity index (χ4n) is 1.21. The molecule has 1 aromatic rings. The molecule has 0 amide bonds. The lowest BCUT2D eigenvalue weighted by Gasteiger charge is -2.12. The molecule has 4 heteroatoms. The molecule has 78 valence electrons. The first-order chi connectivity index (χ1) is 6.61. The number of hydrogen-bond acceptors (Lipinski definition) is 2. The zero-order valence-electron chi connectivity index (χ0n) is 8.05. The Morgan fingerprint density at radius 3 is 2.71 bits per heavy atom. The number of benzene rings is 1. The van der Waals surface area contributed by atoms with Gasteiger partial charge in [-0.25, -0.2) is 4.39 Å². The van der Waals surface area contributed by atoms with E-state index in [2.05, 4.69) is 15.9 Å². The third kappa shape index (κ3) is 2.07. The summed E-state index contributed by atoms with van der Waals surface area (Å²) in [6.07, 6.45) is -0.307. The van der Waals surface area contributed by atoms with Gasteiger partial charge >= 0.3 is 0 Å². The van der Waals surface area contributed by atoms with Gasteiger partial charge < -0.3 is 9.84 Å². The molecule has 0 radical (unpaired) electrons. The van der Waals surface area contributed by atoms with Crippen molar-refractivity contribution in [3.05, 3.63) is 28.0 Å². The van der Waals surface area contributed by atoms with Crippen molar-refractivity contribution >= 4 is 15.9 Å². The van der Waals surface area contributed by atoms with Gasteiger partial charge in [-0.1, -0.05) is 13.0 Å². The molecule has 0 aliphatic heterocycles. The van der Waals surface area contributed by atoms with Gasteiger partial charge in [0.25, 0.3) is 0 Å². The molecule has 1 unspecified atom stereocenters. The number of ether oxygens (including phenoxy) is 1. The van der Waals surface area contributed by atoms with Crippen molar-refractivity contribution in [2.75, 3.05) is 7.11 Å². The minimum Gasteiger partial charge on any atom is -0.492 e. The first-order valence-corrected chi connectivity index (χ1v) is 5.11. The van der Waals surface area contributed by atoms with Gasteiger partial charge in [0.1, 0.15) is 0 Å². The molecule has 1 rings (SSSR count). The Morgan fingerprint density at radius 1 is 1.57 bits per heavy atom. The fourth-order valence-corrected chi connectivity index (χ4v) is 1.68. The molecule has 1 N–H and O–H groups in total. The van der Waals surface area contributed by atoms with Crippen LogP contribution < -0.4 is 4.74 Å². The molecule has 0 aliphatic carbocycles. The van der Waals surface area contributed by atoms with Crippen LogP contribution in [0.15, 0.2) is 16.6 Å². The summed E-state index contributed by atoms with van der Waals surface area (Å²) in [5.74, 6) is -0.369. The van der Waals surface area contributed by atoms with Gasteiger partial charge in [-0.15, -0.1) is 0 Å². The van der Waals surface area contributed by atoms with Crippen LogP contribution in [0.1, 0.15) is 25.0 Å². The van der Waals surface area contributed by atoms with E-state index in [9.17, 15) is 9.50 Å². The highest BCUT2D eigenvalue weighted by atomic mass is 79.9. The number of aliphatic hydroxyl groups is 1. The van der Waals surface area contributed by atoms with Gasteiger partial charge in [0.2, 0.25) is 0 Å². The summed E-state index contributed by atoms with van der Waals surface area (Å²) in [5.41, 5.74) is 0.271. The summed E-state index contributed by atoms with van der Waals surface area (Å²) in [6, 6.07) is 3.21. The molecule has 2 nitrogen and oxygen atoms in total. The fraction of sp³-hybridized carbons (Fsp3) is 0.400. The van der Waals surface area contributed by atoms with Gasteiger partial charge in [0, 0.05) is 5.56 Å². The van der Waals surface area contributed by atoms with Crippen LogP contribution in [0.2, 0.25) is 0 Å². The zero-order valence-corrected chi connectivity index (χ0v) is 9.64. The third-order valence-electron chi connectivity index (χ3n) is 2.03. The van der Waals surface area contributed by atoms with Crippen LogP contribution in [0, 0.1) is 5.82 Å². The summed E-state index contributed by atoms with van der Waals surface area (Å²) in [5, 5.41) is 9.51. The lowest BCUT2D eigenvalue weighted by atomic mass is 10.1. The SMILES string of the molecule is CCC(O)c1ccc(Br)c(OC)c1F. The smallest absolute Gasteiger partial charge is 0.172 e.